The molecule has 0 aliphatic heterocycles. The van der Waals surface area contributed by atoms with Crippen molar-refractivity contribution in [1.29, 1.82) is 5.26 Å². The van der Waals surface area contributed by atoms with Crippen LogP contribution in [0, 0.1) is 14.9 Å². The zero-order valence-electron chi connectivity index (χ0n) is 10.4. The van der Waals surface area contributed by atoms with E-state index in [0.29, 0.717) is 21.2 Å². The van der Waals surface area contributed by atoms with Crippen LogP contribution in [-0.4, -0.2) is 5.78 Å². The molecule has 0 aromatic heterocycles. The number of rotatable bonds is 3. The normalized spacial score (nSPS) is 11.8. The highest BCUT2D eigenvalue weighted by Gasteiger charge is 2.27. The highest BCUT2D eigenvalue weighted by molar-refractivity contribution is 14.1. The second-order valence-corrected chi connectivity index (χ2v) is 7.08. The molecule has 2 aromatic rings. The Hall–Kier alpha value is -0.610. The Bertz CT molecular complexity index is 738. The summed E-state index contributed by atoms with van der Waals surface area (Å²) in [5.41, 5.74) is 0.816. The third kappa shape index (κ3) is 3.59. The summed E-state index contributed by atoms with van der Waals surface area (Å²) in [7, 11) is 0. The van der Waals surface area contributed by atoms with Crippen molar-refractivity contribution in [1.82, 2.24) is 0 Å². The molecule has 0 radical (unpaired) electrons. The molecule has 0 amide bonds. The lowest BCUT2D eigenvalue weighted by Gasteiger charge is -2.13. The van der Waals surface area contributed by atoms with Crippen LogP contribution in [0.25, 0.3) is 0 Å². The van der Waals surface area contributed by atoms with Gasteiger partial charge in [-0.1, -0.05) is 45.2 Å². The zero-order valence-corrected chi connectivity index (χ0v) is 15.7. The topological polar surface area (TPSA) is 40.9 Å². The molecule has 0 aliphatic carbocycles. The molecule has 21 heavy (non-hydrogen) atoms. The van der Waals surface area contributed by atoms with E-state index in [-0.39, 0.29) is 5.78 Å². The second kappa shape index (κ2) is 7.10. The van der Waals surface area contributed by atoms with Gasteiger partial charge < -0.3 is 0 Å². The van der Waals surface area contributed by atoms with Crippen molar-refractivity contribution in [3.8, 4) is 6.07 Å². The number of nitriles is 1. The minimum absolute atomic E-state index is 0.312. The van der Waals surface area contributed by atoms with Crippen LogP contribution in [0.4, 0.5) is 0 Å². The molecule has 0 saturated carbocycles. The van der Waals surface area contributed by atoms with Crippen LogP contribution in [0.1, 0.15) is 21.8 Å². The van der Waals surface area contributed by atoms with Crippen molar-refractivity contribution in [2.24, 2.45) is 0 Å². The first-order chi connectivity index (χ1) is 9.95. The van der Waals surface area contributed by atoms with E-state index in [1.54, 1.807) is 30.3 Å². The Balaban J connectivity index is 2.55. The first-order valence-corrected chi connectivity index (χ1v) is 8.41. The number of Topliss-reactive ketones (excluding diaryl/α,β-unsaturated/α-hetero) is 1. The van der Waals surface area contributed by atoms with Gasteiger partial charge in [-0.25, -0.2) is 0 Å². The first kappa shape index (κ1) is 16.8. The third-order valence-electron chi connectivity index (χ3n) is 2.87. The number of carbonyl (C=O) groups is 1. The summed E-state index contributed by atoms with van der Waals surface area (Å²) in [6, 6.07) is 12.3. The molecule has 0 aliphatic rings. The van der Waals surface area contributed by atoms with E-state index in [0.717, 1.165) is 8.04 Å². The highest BCUT2D eigenvalue weighted by atomic mass is 127. The number of nitrogens with zero attached hydrogens (tertiary/aromatic N) is 1. The summed E-state index contributed by atoms with van der Waals surface area (Å²) < 4.78 is 1.54. The molecule has 2 nitrogen and oxygen atoms in total. The van der Waals surface area contributed by atoms with Gasteiger partial charge >= 0.3 is 0 Å². The largest absolute Gasteiger partial charge is 0.292 e. The standard InChI is InChI=1S/C15H7BrCl2INO/c16-8-4-5-13(19)9(6-8)15(21)10(7-20)14-11(17)2-1-3-12(14)18/h1-6,10H. The summed E-state index contributed by atoms with van der Waals surface area (Å²) in [6.45, 7) is 0. The molecule has 6 heteroatoms. The van der Waals surface area contributed by atoms with Gasteiger partial charge in [0, 0.05) is 29.2 Å². The molecule has 2 aromatic carbocycles. The molecule has 0 heterocycles. The number of hydrogen-bond donors (Lipinski definition) is 0. The maximum Gasteiger partial charge on any atom is 0.185 e. The van der Waals surface area contributed by atoms with Gasteiger partial charge in [-0.05, 0) is 52.9 Å². The van der Waals surface area contributed by atoms with E-state index in [1.807, 2.05) is 12.1 Å². The Labute approximate surface area is 154 Å². The summed E-state index contributed by atoms with van der Waals surface area (Å²) >= 11 is 17.6. The summed E-state index contributed by atoms with van der Waals surface area (Å²) in [5, 5.41) is 10.0. The van der Waals surface area contributed by atoms with E-state index in [4.69, 9.17) is 23.2 Å². The highest BCUT2D eigenvalue weighted by Crippen LogP contribution is 2.34. The molecule has 2 rings (SSSR count). The zero-order chi connectivity index (χ0) is 15.6. The maximum atomic E-state index is 12.7. The first-order valence-electron chi connectivity index (χ1n) is 5.78. The van der Waals surface area contributed by atoms with Crippen molar-refractivity contribution in [3.05, 3.63) is 65.6 Å². The predicted molar refractivity (Wildman–Crippen MR) is 96.0 cm³/mol. The van der Waals surface area contributed by atoms with Crippen molar-refractivity contribution in [3.63, 3.8) is 0 Å². The molecular weight excluding hydrogens is 488 g/mol. The van der Waals surface area contributed by atoms with Crippen LogP contribution in [0.3, 0.4) is 0 Å². The van der Waals surface area contributed by atoms with Crippen molar-refractivity contribution in [2.45, 2.75) is 5.92 Å². The smallest absolute Gasteiger partial charge is 0.185 e. The van der Waals surface area contributed by atoms with Gasteiger partial charge in [0.1, 0.15) is 5.92 Å². The second-order valence-electron chi connectivity index (χ2n) is 4.19. The van der Waals surface area contributed by atoms with Gasteiger partial charge in [-0.15, -0.1) is 0 Å². The van der Waals surface area contributed by atoms with Gasteiger partial charge in [0.15, 0.2) is 5.78 Å². The minimum Gasteiger partial charge on any atom is -0.292 e. The van der Waals surface area contributed by atoms with Crippen molar-refractivity contribution in [2.75, 3.05) is 0 Å². The van der Waals surface area contributed by atoms with E-state index < -0.39 is 5.92 Å². The Morgan fingerprint density at radius 1 is 1.24 bits per heavy atom. The van der Waals surface area contributed by atoms with Gasteiger partial charge in [-0.3, -0.25) is 4.79 Å². The molecule has 0 fully saturated rings. The molecule has 0 spiro atoms. The fourth-order valence-corrected chi connectivity index (χ4v) is 3.46. The van der Waals surface area contributed by atoms with Crippen molar-refractivity contribution < 1.29 is 4.79 Å². The minimum atomic E-state index is -1.03. The lowest BCUT2D eigenvalue weighted by atomic mass is 9.92. The number of benzene rings is 2. The van der Waals surface area contributed by atoms with Crippen molar-refractivity contribution >= 4 is 67.5 Å². The molecule has 0 N–H and O–H groups in total. The predicted octanol–water partition coefficient (Wildman–Crippen LogP) is 5.85. The molecule has 106 valence electrons. The van der Waals surface area contributed by atoms with E-state index in [1.165, 1.54) is 0 Å². The van der Waals surface area contributed by atoms with E-state index in [9.17, 15) is 10.1 Å². The number of hydrogen-bond acceptors (Lipinski definition) is 2. The molecule has 1 atom stereocenters. The van der Waals surface area contributed by atoms with Crippen LogP contribution >= 0.6 is 61.7 Å². The van der Waals surface area contributed by atoms with Gasteiger partial charge in [0.25, 0.3) is 0 Å². The fourth-order valence-electron chi connectivity index (χ4n) is 1.88. The van der Waals surface area contributed by atoms with Crippen LogP contribution < -0.4 is 0 Å². The number of halogens is 4. The summed E-state index contributed by atoms with van der Waals surface area (Å²) in [6.07, 6.45) is 0. The Morgan fingerprint density at radius 2 is 1.86 bits per heavy atom. The lowest BCUT2D eigenvalue weighted by Crippen LogP contribution is -2.13. The average Bonchev–Trinajstić information content (AvgIpc) is 2.45. The molecule has 0 saturated heterocycles. The van der Waals surface area contributed by atoms with Crippen LogP contribution in [0.5, 0.6) is 0 Å². The molecule has 1 unspecified atom stereocenters. The molecular formula is C15H7BrCl2INO. The molecule has 0 bridgehead atoms. The van der Waals surface area contributed by atoms with E-state index in [2.05, 4.69) is 38.5 Å². The van der Waals surface area contributed by atoms with Crippen LogP contribution in [-0.2, 0) is 0 Å². The van der Waals surface area contributed by atoms with Gasteiger partial charge in [0.2, 0.25) is 0 Å². The summed E-state index contributed by atoms with van der Waals surface area (Å²) in [5.74, 6) is -1.35. The quantitative estimate of drug-likeness (QED) is 0.396. The Morgan fingerprint density at radius 3 is 2.43 bits per heavy atom. The fraction of sp³-hybridized carbons (Fsp3) is 0.0667. The summed E-state index contributed by atoms with van der Waals surface area (Å²) in [4.78, 5) is 12.7. The lowest BCUT2D eigenvalue weighted by molar-refractivity contribution is 0.0978. The van der Waals surface area contributed by atoms with Gasteiger partial charge in [0.05, 0.1) is 6.07 Å². The van der Waals surface area contributed by atoms with Crippen LogP contribution in [0.15, 0.2) is 40.9 Å². The third-order valence-corrected chi connectivity index (χ3v) is 4.97. The van der Waals surface area contributed by atoms with Gasteiger partial charge in [-0.2, -0.15) is 5.26 Å². The number of carbonyl (C=O) groups excluding carboxylic acids is 1. The van der Waals surface area contributed by atoms with E-state index >= 15 is 0 Å². The monoisotopic (exact) mass is 493 g/mol. The number of ketones is 1. The Kier molecular flexibility index (Phi) is 5.67. The van der Waals surface area contributed by atoms with Crippen LogP contribution in [0.2, 0.25) is 10.0 Å². The SMILES string of the molecule is N#CC(C(=O)c1cc(Br)ccc1I)c1c(Cl)cccc1Cl. The maximum absolute atomic E-state index is 12.7. The average molecular weight is 495 g/mol.